The molecule has 0 saturated carbocycles. The van der Waals surface area contributed by atoms with E-state index in [0.29, 0.717) is 0 Å². The Balaban J connectivity index is 1.38. The molecule has 2 unspecified atom stereocenters. The van der Waals surface area contributed by atoms with Crippen LogP contribution in [-0.4, -0.2) is 0 Å². The van der Waals surface area contributed by atoms with Crippen molar-refractivity contribution in [3.63, 3.8) is 0 Å². The molecule has 1 spiro atoms. The van der Waals surface area contributed by atoms with Crippen molar-refractivity contribution in [3.05, 3.63) is 138 Å². The molecule has 3 aromatic carbocycles. The molecule has 2 aliphatic carbocycles. The summed E-state index contributed by atoms with van der Waals surface area (Å²) in [5.74, 6) is -0.217. The Hall–Kier alpha value is -4.37. The maximum atomic E-state index is 13.7. The SMILES string of the molecule is Cc1ccccc1-c1ccc(-c2ccc(F)cc2)c[n+]1C1=CC2[n+]3ccccc3-c3cccc4c3C142. The summed E-state index contributed by atoms with van der Waals surface area (Å²) in [5.41, 5.74) is 12.4. The maximum Gasteiger partial charge on any atom is 0.218 e. The molecule has 170 valence electrons. The number of fused-ring (bicyclic) bond motifs is 3. The van der Waals surface area contributed by atoms with E-state index in [0.717, 1.165) is 11.1 Å². The number of pyridine rings is 2. The molecule has 2 aromatic heterocycles. The van der Waals surface area contributed by atoms with Gasteiger partial charge in [0, 0.05) is 29.3 Å². The summed E-state index contributed by atoms with van der Waals surface area (Å²) in [7, 11) is 0. The van der Waals surface area contributed by atoms with Crippen LogP contribution < -0.4 is 9.13 Å². The normalized spacial score (nSPS) is 19.9. The van der Waals surface area contributed by atoms with Gasteiger partial charge in [0.2, 0.25) is 23.1 Å². The number of aryl methyl sites for hydroxylation is 1. The van der Waals surface area contributed by atoms with E-state index in [9.17, 15) is 4.39 Å². The monoisotopic (exact) mass is 466 g/mol. The topological polar surface area (TPSA) is 7.76 Å². The lowest BCUT2D eigenvalue weighted by Crippen LogP contribution is -2.59. The van der Waals surface area contributed by atoms with Crippen LogP contribution in [0.1, 0.15) is 22.7 Å². The van der Waals surface area contributed by atoms with Crippen LogP contribution in [0.25, 0.3) is 39.3 Å². The number of rotatable bonds is 3. The third-order valence-electron chi connectivity index (χ3n) is 8.26. The minimum Gasteiger partial charge on any atom is -0.207 e. The zero-order valence-corrected chi connectivity index (χ0v) is 19.8. The fourth-order valence-corrected chi connectivity index (χ4v) is 6.54. The van der Waals surface area contributed by atoms with Crippen molar-refractivity contribution in [2.24, 2.45) is 0 Å². The molecule has 0 radical (unpaired) electrons. The molecule has 0 fully saturated rings. The first-order valence-electron chi connectivity index (χ1n) is 12.4. The molecular weight excluding hydrogens is 443 g/mol. The Morgan fingerprint density at radius 1 is 0.722 bits per heavy atom. The van der Waals surface area contributed by atoms with Gasteiger partial charge in [-0.05, 0) is 65.6 Å². The summed E-state index contributed by atoms with van der Waals surface area (Å²) in [6.07, 6.45) is 6.86. The first kappa shape index (κ1) is 19.9. The van der Waals surface area contributed by atoms with E-state index < -0.39 is 0 Å². The van der Waals surface area contributed by atoms with Crippen molar-refractivity contribution in [2.75, 3.05) is 0 Å². The summed E-state index contributed by atoms with van der Waals surface area (Å²) in [5, 5.41) is 0. The molecule has 1 aliphatic heterocycles. The third-order valence-corrected chi connectivity index (χ3v) is 8.26. The van der Waals surface area contributed by atoms with Gasteiger partial charge in [-0.1, -0.05) is 42.5 Å². The lowest BCUT2D eigenvalue weighted by atomic mass is 9.73. The minimum atomic E-state index is -0.217. The van der Waals surface area contributed by atoms with E-state index >= 15 is 0 Å². The summed E-state index contributed by atoms with van der Waals surface area (Å²) >= 11 is 0. The molecule has 3 heteroatoms. The van der Waals surface area contributed by atoms with Gasteiger partial charge in [-0.25, -0.2) is 4.39 Å². The van der Waals surface area contributed by atoms with Gasteiger partial charge in [0.15, 0.2) is 17.8 Å². The van der Waals surface area contributed by atoms with Crippen LogP contribution in [0.3, 0.4) is 0 Å². The van der Waals surface area contributed by atoms with Crippen molar-refractivity contribution >= 4 is 5.70 Å². The zero-order valence-electron chi connectivity index (χ0n) is 19.8. The molecule has 2 nitrogen and oxygen atoms in total. The fourth-order valence-electron chi connectivity index (χ4n) is 6.54. The zero-order chi connectivity index (χ0) is 24.0. The van der Waals surface area contributed by atoms with E-state index in [2.05, 4.69) is 107 Å². The van der Waals surface area contributed by atoms with Crippen LogP contribution in [-0.2, 0) is 5.41 Å². The van der Waals surface area contributed by atoms with Crippen molar-refractivity contribution in [1.82, 2.24) is 0 Å². The molecule has 5 aromatic rings. The Morgan fingerprint density at radius 2 is 1.50 bits per heavy atom. The second kappa shape index (κ2) is 6.86. The van der Waals surface area contributed by atoms with Crippen LogP contribution in [0.15, 0.2) is 116 Å². The predicted molar refractivity (Wildman–Crippen MR) is 138 cm³/mol. The molecule has 0 bridgehead atoms. The number of aromatic nitrogens is 2. The highest BCUT2D eigenvalue weighted by atomic mass is 19.1. The second-order valence-corrected chi connectivity index (χ2v) is 10.0. The second-order valence-electron chi connectivity index (χ2n) is 10.0. The van der Waals surface area contributed by atoms with Gasteiger partial charge in [0.1, 0.15) is 5.82 Å². The molecule has 0 N–H and O–H groups in total. The highest BCUT2D eigenvalue weighted by Gasteiger charge is 2.76. The van der Waals surface area contributed by atoms with Crippen LogP contribution in [0, 0.1) is 12.7 Å². The van der Waals surface area contributed by atoms with E-state index in [1.807, 2.05) is 12.1 Å². The fraction of sp³-hybridized carbons (Fsp3) is 0.0909. The largest absolute Gasteiger partial charge is 0.218 e. The van der Waals surface area contributed by atoms with Crippen molar-refractivity contribution in [1.29, 1.82) is 0 Å². The van der Waals surface area contributed by atoms with Crippen LogP contribution >= 0.6 is 0 Å². The summed E-state index contributed by atoms with van der Waals surface area (Å²) in [4.78, 5) is 0. The lowest BCUT2D eigenvalue weighted by molar-refractivity contribution is -0.718. The van der Waals surface area contributed by atoms with E-state index in [1.54, 1.807) is 0 Å². The first-order chi connectivity index (χ1) is 17.7. The van der Waals surface area contributed by atoms with Gasteiger partial charge >= 0.3 is 0 Å². The Kier molecular flexibility index (Phi) is 3.79. The van der Waals surface area contributed by atoms with Gasteiger partial charge in [0.05, 0.1) is 11.6 Å². The molecule has 0 saturated heterocycles. The van der Waals surface area contributed by atoms with E-state index in [4.69, 9.17) is 0 Å². The molecule has 36 heavy (non-hydrogen) atoms. The molecule has 3 aliphatic rings. The van der Waals surface area contributed by atoms with E-state index in [1.165, 1.54) is 57.0 Å². The Bertz CT molecular complexity index is 1770. The molecule has 0 amide bonds. The van der Waals surface area contributed by atoms with Crippen molar-refractivity contribution in [3.8, 4) is 33.6 Å². The first-order valence-corrected chi connectivity index (χ1v) is 12.4. The van der Waals surface area contributed by atoms with Gasteiger partial charge in [0.25, 0.3) is 0 Å². The van der Waals surface area contributed by atoms with Gasteiger partial charge in [-0.2, -0.15) is 9.13 Å². The number of hydrogen-bond acceptors (Lipinski definition) is 0. The number of halogens is 1. The van der Waals surface area contributed by atoms with E-state index in [-0.39, 0.29) is 17.3 Å². The lowest BCUT2D eigenvalue weighted by Gasteiger charge is -2.32. The van der Waals surface area contributed by atoms with Gasteiger partial charge in [-0.3, -0.25) is 0 Å². The van der Waals surface area contributed by atoms with Gasteiger partial charge in [-0.15, -0.1) is 0 Å². The van der Waals surface area contributed by atoms with Gasteiger partial charge < -0.3 is 0 Å². The quantitative estimate of drug-likeness (QED) is 0.271. The average molecular weight is 467 g/mol. The van der Waals surface area contributed by atoms with Crippen LogP contribution in [0.4, 0.5) is 4.39 Å². The number of hydrogen-bond donors (Lipinski definition) is 0. The average Bonchev–Trinajstić information content (AvgIpc) is 3.62. The standard InChI is InChI=1S/C33H23FN2/c1-21-7-2-3-8-25(21)29-17-14-23(22-12-15-24(34)16-13-22)20-36(29)31-19-30-33(31)27-10-6-9-26(32(27)33)28-11-4-5-18-35(28)30/h2-20,30H,1H3/q+2. The third kappa shape index (κ3) is 2.40. The summed E-state index contributed by atoms with van der Waals surface area (Å²) < 4.78 is 18.5. The molecule has 3 heterocycles. The number of benzene rings is 3. The number of nitrogens with zero attached hydrogens (tertiary/aromatic N) is 2. The smallest absolute Gasteiger partial charge is 0.207 e. The molecular formula is C33H23FN2+2. The van der Waals surface area contributed by atoms with Crippen molar-refractivity contribution < 1.29 is 13.5 Å². The van der Waals surface area contributed by atoms with Crippen LogP contribution in [0.5, 0.6) is 0 Å². The molecule has 8 rings (SSSR count). The summed E-state index contributed by atoms with van der Waals surface area (Å²) in [6, 6.07) is 33.2. The number of allylic oxidation sites excluding steroid dienone is 2. The predicted octanol–water partition coefficient (Wildman–Crippen LogP) is 6.42. The highest BCUT2D eigenvalue weighted by Crippen LogP contribution is 2.70. The van der Waals surface area contributed by atoms with Crippen molar-refractivity contribution in [2.45, 2.75) is 18.4 Å². The Labute approximate surface area is 209 Å². The maximum absolute atomic E-state index is 13.7. The Morgan fingerprint density at radius 3 is 2.36 bits per heavy atom. The molecule has 2 atom stereocenters. The van der Waals surface area contributed by atoms with Crippen LogP contribution in [0.2, 0.25) is 0 Å². The summed E-state index contributed by atoms with van der Waals surface area (Å²) in [6.45, 7) is 2.17. The highest BCUT2D eigenvalue weighted by molar-refractivity contribution is 5.92. The minimum absolute atomic E-state index is 0.0959.